The van der Waals surface area contributed by atoms with Crippen molar-refractivity contribution >= 4 is 5.91 Å². The zero-order valence-corrected chi connectivity index (χ0v) is 7.95. The molecule has 1 aromatic rings. The Morgan fingerprint density at radius 1 is 1.71 bits per heavy atom. The Labute approximate surface area is 81.8 Å². The van der Waals surface area contributed by atoms with Crippen LogP contribution in [0.25, 0.3) is 0 Å². The van der Waals surface area contributed by atoms with Gasteiger partial charge >= 0.3 is 0 Å². The lowest BCUT2D eigenvalue weighted by atomic mass is 10.1. The summed E-state index contributed by atoms with van der Waals surface area (Å²) in [5.74, 6) is -0.302. The van der Waals surface area contributed by atoms with E-state index in [9.17, 15) is 9.90 Å². The van der Waals surface area contributed by atoms with Gasteiger partial charge in [0.1, 0.15) is 11.3 Å². The van der Waals surface area contributed by atoms with E-state index in [1.165, 1.54) is 6.92 Å². The molecule has 1 heterocycles. The first-order chi connectivity index (χ1) is 6.55. The van der Waals surface area contributed by atoms with E-state index in [4.69, 9.17) is 5.11 Å². The van der Waals surface area contributed by atoms with Crippen LogP contribution >= 0.6 is 0 Å². The minimum absolute atomic E-state index is 0.0152. The Morgan fingerprint density at radius 2 is 2.43 bits per heavy atom. The van der Waals surface area contributed by atoms with Crippen LogP contribution in [0.1, 0.15) is 17.4 Å². The molecule has 0 aromatic carbocycles. The first kappa shape index (κ1) is 10.7. The van der Waals surface area contributed by atoms with Crippen LogP contribution in [0, 0.1) is 0 Å². The van der Waals surface area contributed by atoms with Crippen LogP contribution in [0.4, 0.5) is 0 Å². The maximum atomic E-state index is 11.3. The molecule has 0 aliphatic heterocycles. The summed E-state index contributed by atoms with van der Waals surface area (Å²) in [5, 5.41) is 20.6. The highest BCUT2D eigenvalue weighted by Crippen LogP contribution is 2.00. The fraction of sp³-hybridized carbons (Fsp3) is 0.444. The van der Waals surface area contributed by atoms with Crippen molar-refractivity contribution in [3.8, 4) is 0 Å². The average Bonchev–Trinajstić information content (AvgIpc) is 2.67. The van der Waals surface area contributed by atoms with Gasteiger partial charge in [0, 0.05) is 12.7 Å². The van der Waals surface area contributed by atoms with Crippen molar-refractivity contribution < 1.29 is 15.0 Å². The summed E-state index contributed by atoms with van der Waals surface area (Å²) >= 11 is 0. The van der Waals surface area contributed by atoms with E-state index >= 15 is 0 Å². The lowest BCUT2D eigenvalue weighted by Gasteiger charge is -2.20. The number of aromatic nitrogens is 1. The number of H-pyrrole nitrogens is 1. The zero-order chi connectivity index (χ0) is 10.6. The van der Waals surface area contributed by atoms with Gasteiger partial charge < -0.3 is 20.5 Å². The Morgan fingerprint density at radius 3 is 2.93 bits per heavy atom. The maximum absolute atomic E-state index is 11.3. The third-order valence-corrected chi connectivity index (χ3v) is 1.81. The smallest absolute Gasteiger partial charge is 0.267 e. The largest absolute Gasteiger partial charge is 0.393 e. The molecular formula is C9H14N2O3. The first-order valence-electron chi connectivity index (χ1n) is 4.30. The molecule has 0 bridgehead atoms. The zero-order valence-electron chi connectivity index (χ0n) is 7.95. The fourth-order valence-electron chi connectivity index (χ4n) is 0.893. The van der Waals surface area contributed by atoms with E-state index in [2.05, 4.69) is 10.3 Å². The Bertz CT molecular complexity index is 293. The van der Waals surface area contributed by atoms with Crippen LogP contribution in [0.5, 0.6) is 0 Å². The Hall–Kier alpha value is -1.33. The molecule has 0 saturated heterocycles. The molecule has 1 atom stereocenters. The minimum atomic E-state index is -1.28. The number of hydrogen-bond donors (Lipinski definition) is 4. The molecule has 1 rings (SSSR count). The average molecular weight is 198 g/mol. The quantitative estimate of drug-likeness (QED) is 0.525. The number of amides is 1. The molecule has 5 nitrogen and oxygen atoms in total. The van der Waals surface area contributed by atoms with Gasteiger partial charge in [0.2, 0.25) is 0 Å². The summed E-state index contributed by atoms with van der Waals surface area (Å²) in [6, 6.07) is 3.34. The second-order valence-electron chi connectivity index (χ2n) is 3.42. The number of hydrogen-bond acceptors (Lipinski definition) is 3. The number of aliphatic hydroxyl groups excluding tert-OH is 1. The van der Waals surface area contributed by atoms with Gasteiger partial charge in [-0.3, -0.25) is 4.79 Å². The summed E-state index contributed by atoms with van der Waals surface area (Å²) in [6.07, 6.45) is 1.64. The van der Waals surface area contributed by atoms with Gasteiger partial charge in [-0.1, -0.05) is 0 Å². The second-order valence-corrected chi connectivity index (χ2v) is 3.42. The van der Waals surface area contributed by atoms with Crippen molar-refractivity contribution in [2.75, 3.05) is 13.2 Å². The van der Waals surface area contributed by atoms with Gasteiger partial charge in [-0.25, -0.2) is 0 Å². The molecule has 0 radical (unpaired) electrons. The predicted molar refractivity (Wildman–Crippen MR) is 50.8 cm³/mol. The molecule has 1 unspecified atom stereocenters. The molecule has 0 spiro atoms. The van der Waals surface area contributed by atoms with Crippen molar-refractivity contribution in [1.82, 2.24) is 10.3 Å². The van der Waals surface area contributed by atoms with Gasteiger partial charge in [-0.05, 0) is 19.1 Å². The van der Waals surface area contributed by atoms with Gasteiger partial charge in [-0.15, -0.1) is 0 Å². The number of aromatic amines is 1. The number of aliphatic hydroxyl groups is 2. The van der Waals surface area contributed by atoms with Crippen molar-refractivity contribution in [3.05, 3.63) is 24.0 Å². The molecule has 0 saturated carbocycles. The van der Waals surface area contributed by atoms with Crippen LogP contribution < -0.4 is 5.32 Å². The van der Waals surface area contributed by atoms with Crippen molar-refractivity contribution in [2.45, 2.75) is 12.5 Å². The normalized spacial score (nSPS) is 14.8. The third-order valence-electron chi connectivity index (χ3n) is 1.81. The molecule has 1 aromatic heterocycles. The highest BCUT2D eigenvalue weighted by molar-refractivity contribution is 5.92. The molecule has 1 amide bonds. The maximum Gasteiger partial charge on any atom is 0.267 e. The van der Waals surface area contributed by atoms with Crippen molar-refractivity contribution in [2.24, 2.45) is 0 Å². The molecule has 14 heavy (non-hydrogen) atoms. The van der Waals surface area contributed by atoms with E-state index in [0.29, 0.717) is 5.69 Å². The lowest BCUT2D eigenvalue weighted by Crippen LogP contribution is -2.43. The van der Waals surface area contributed by atoms with E-state index in [-0.39, 0.29) is 12.5 Å². The van der Waals surface area contributed by atoms with Gasteiger partial charge in [-0.2, -0.15) is 0 Å². The summed E-state index contributed by atoms with van der Waals surface area (Å²) in [5.41, 5.74) is -0.846. The lowest BCUT2D eigenvalue weighted by molar-refractivity contribution is 0.00316. The number of rotatable bonds is 4. The second kappa shape index (κ2) is 4.26. The standard InChI is InChI=1S/C9H14N2O3/c1-9(14,6-12)5-11-8(13)7-3-2-4-10-7/h2-4,10,12,14H,5-6H2,1H3,(H,11,13). The Kier molecular flexibility index (Phi) is 3.27. The van der Waals surface area contributed by atoms with E-state index in [1.54, 1.807) is 18.3 Å². The highest BCUT2D eigenvalue weighted by Gasteiger charge is 2.20. The van der Waals surface area contributed by atoms with Gasteiger partial charge in [0.05, 0.1) is 6.61 Å². The first-order valence-corrected chi connectivity index (χ1v) is 4.30. The topological polar surface area (TPSA) is 85.3 Å². The molecular weight excluding hydrogens is 184 g/mol. The number of carbonyl (C=O) groups excluding carboxylic acids is 1. The fourth-order valence-corrected chi connectivity index (χ4v) is 0.893. The van der Waals surface area contributed by atoms with Crippen LogP contribution in [0.3, 0.4) is 0 Å². The van der Waals surface area contributed by atoms with Crippen molar-refractivity contribution in [3.63, 3.8) is 0 Å². The SMILES string of the molecule is CC(O)(CO)CNC(=O)c1ccc[nH]1. The van der Waals surface area contributed by atoms with Crippen molar-refractivity contribution in [1.29, 1.82) is 0 Å². The molecule has 0 aliphatic carbocycles. The van der Waals surface area contributed by atoms with Gasteiger partial charge in [0.25, 0.3) is 5.91 Å². The summed E-state index contributed by atoms with van der Waals surface area (Å²) in [4.78, 5) is 14.1. The van der Waals surface area contributed by atoms with Gasteiger partial charge in [0.15, 0.2) is 0 Å². The third kappa shape index (κ3) is 2.86. The van der Waals surface area contributed by atoms with E-state index in [0.717, 1.165) is 0 Å². The number of nitrogens with one attached hydrogen (secondary N) is 2. The van der Waals surface area contributed by atoms with Crippen LogP contribution in [-0.2, 0) is 0 Å². The Balaban J connectivity index is 2.43. The van der Waals surface area contributed by atoms with Crippen LogP contribution in [0.2, 0.25) is 0 Å². The van der Waals surface area contributed by atoms with Crippen LogP contribution in [0.15, 0.2) is 18.3 Å². The number of carbonyl (C=O) groups is 1. The summed E-state index contributed by atoms with van der Waals surface area (Å²) in [6.45, 7) is 1.07. The molecule has 78 valence electrons. The van der Waals surface area contributed by atoms with E-state index in [1.807, 2.05) is 0 Å². The summed E-state index contributed by atoms with van der Waals surface area (Å²) in [7, 11) is 0. The molecule has 0 fully saturated rings. The van der Waals surface area contributed by atoms with Crippen LogP contribution in [-0.4, -0.2) is 39.9 Å². The monoisotopic (exact) mass is 198 g/mol. The summed E-state index contributed by atoms with van der Waals surface area (Å²) < 4.78 is 0. The predicted octanol–water partition coefficient (Wildman–Crippen LogP) is -0.512. The molecule has 0 aliphatic rings. The minimum Gasteiger partial charge on any atom is -0.393 e. The molecule has 5 heteroatoms. The highest BCUT2D eigenvalue weighted by atomic mass is 16.3. The van der Waals surface area contributed by atoms with E-state index < -0.39 is 12.2 Å². The molecule has 4 N–H and O–H groups in total.